The zero-order chi connectivity index (χ0) is 25.1. The summed E-state index contributed by atoms with van der Waals surface area (Å²) in [5, 5.41) is 10.5. The molecule has 0 saturated heterocycles. The summed E-state index contributed by atoms with van der Waals surface area (Å²) in [5.41, 5.74) is 7.80. The van der Waals surface area contributed by atoms with Gasteiger partial charge < -0.3 is 19.8 Å². The first-order chi connectivity index (χ1) is 16.9. The summed E-state index contributed by atoms with van der Waals surface area (Å²) < 4.78 is 11.8. The van der Waals surface area contributed by atoms with Gasteiger partial charge in [0.25, 0.3) is 0 Å². The van der Waals surface area contributed by atoms with Crippen molar-refractivity contribution in [1.29, 1.82) is 5.26 Å². The molecule has 3 aromatic rings. The van der Waals surface area contributed by atoms with E-state index in [1.807, 2.05) is 0 Å². The molecular formula is C25H20ClN5O4. The number of anilines is 1. The Morgan fingerprint density at radius 3 is 2.40 bits per heavy atom. The van der Waals surface area contributed by atoms with Crippen LogP contribution in [0, 0.1) is 11.3 Å². The van der Waals surface area contributed by atoms with Gasteiger partial charge in [-0.3, -0.25) is 4.90 Å². The summed E-state index contributed by atoms with van der Waals surface area (Å²) >= 11 is 6.33. The molecule has 1 atom stereocenters. The molecule has 2 aromatic carbocycles. The molecule has 0 bridgehead atoms. The minimum Gasteiger partial charge on any atom is -0.466 e. The van der Waals surface area contributed by atoms with E-state index in [2.05, 4.69) is 11.1 Å². The number of hydrogen-bond acceptors (Lipinski definition) is 8. The van der Waals surface area contributed by atoms with E-state index in [1.165, 1.54) is 19.1 Å². The molecule has 1 aliphatic heterocycles. The van der Waals surface area contributed by atoms with Crippen LogP contribution in [0.15, 0.2) is 89.9 Å². The zero-order valence-electron chi connectivity index (χ0n) is 18.8. The molecule has 2 heterocycles. The van der Waals surface area contributed by atoms with Gasteiger partial charge in [0, 0.05) is 17.4 Å². The number of nitriles is 1. The Morgan fingerprint density at radius 1 is 1.09 bits per heavy atom. The second-order valence-electron chi connectivity index (χ2n) is 7.44. The molecule has 0 spiro atoms. The summed E-state index contributed by atoms with van der Waals surface area (Å²) in [4.78, 5) is 31.8. The Labute approximate surface area is 206 Å². The van der Waals surface area contributed by atoms with Crippen molar-refractivity contribution in [3.63, 3.8) is 0 Å². The zero-order valence-corrected chi connectivity index (χ0v) is 19.6. The first-order valence-electron chi connectivity index (χ1n) is 10.4. The molecular weight excluding hydrogens is 470 g/mol. The van der Waals surface area contributed by atoms with Gasteiger partial charge in [-0.15, -0.1) is 0 Å². The van der Waals surface area contributed by atoms with Gasteiger partial charge >= 0.3 is 11.9 Å². The molecule has 0 amide bonds. The fraction of sp³-hybridized carbons (Fsp3) is 0.120. The number of aromatic nitrogens is 2. The average molecular weight is 490 g/mol. The van der Waals surface area contributed by atoms with Crippen molar-refractivity contribution < 1.29 is 19.1 Å². The topological polar surface area (TPSA) is 123 Å². The van der Waals surface area contributed by atoms with Gasteiger partial charge in [0.15, 0.2) is 0 Å². The van der Waals surface area contributed by atoms with Gasteiger partial charge in [0.2, 0.25) is 0 Å². The molecule has 10 heteroatoms. The SMILES string of the molecule is COC(=O)C1=C(C(=O)OC)N(c2cc(Cl)ccc2-n2ccnc2)C(N)=C(C#N)C1c1ccccc1. The highest BCUT2D eigenvalue weighted by Gasteiger charge is 2.43. The normalized spacial score (nSPS) is 15.6. The van der Waals surface area contributed by atoms with Crippen molar-refractivity contribution in [3.05, 3.63) is 101 Å². The fourth-order valence-electron chi connectivity index (χ4n) is 4.06. The minimum absolute atomic E-state index is 0.0563. The highest BCUT2D eigenvalue weighted by Crippen LogP contribution is 2.44. The van der Waals surface area contributed by atoms with Crippen molar-refractivity contribution in [3.8, 4) is 11.8 Å². The second kappa shape index (κ2) is 9.75. The smallest absolute Gasteiger partial charge is 0.355 e. The number of esters is 2. The van der Waals surface area contributed by atoms with E-state index in [9.17, 15) is 14.9 Å². The van der Waals surface area contributed by atoms with Crippen LogP contribution in [0.2, 0.25) is 5.02 Å². The Hall–Kier alpha value is -4.55. The highest BCUT2D eigenvalue weighted by atomic mass is 35.5. The predicted molar refractivity (Wildman–Crippen MR) is 128 cm³/mol. The van der Waals surface area contributed by atoms with E-state index in [0.29, 0.717) is 22.0 Å². The summed E-state index contributed by atoms with van der Waals surface area (Å²) in [6.45, 7) is 0. The van der Waals surface area contributed by atoms with Gasteiger partial charge in [-0.2, -0.15) is 5.26 Å². The molecule has 1 aromatic heterocycles. The molecule has 0 radical (unpaired) electrons. The van der Waals surface area contributed by atoms with Gasteiger partial charge in [-0.25, -0.2) is 14.6 Å². The van der Waals surface area contributed by atoms with E-state index in [0.717, 1.165) is 0 Å². The van der Waals surface area contributed by atoms with E-state index < -0.39 is 17.9 Å². The van der Waals surface area contributed by atoms with E-state index >= 15 is 0 Å². The van der Waals surface area contributed by atoms with Crippen LogP contribution in [-0.4, -0.2) is 35.7 Å². The van der Waals surface area contributed by atoms with E-state index in [1.54, 1.807) is 71.8 Å². The maximum Gasteiger partial charge on any atom is 0.355 e. The third-order valence-electron chi connectivity index (χ3n) is 5.57. The van der Waals surface area contributed by atoms with Crippen LogP contribution in [0.4, 0.5) is 5.69 Å². The van der Waals surface area contributed by atoms with Crippen LogP contribution in [0.25, 0.3) is 5.69 Å². The van der Waals surface area contributed by atoms with Gasteiger partial charge in [0.1, 0.15) is 11.5 Å². The second-order valence-corrected chi connectivity index (χ2v) is 7.87. The number of carbonyl (C=O) groups excluding carboxylic acids is 2. The molecule has 1 unspecified atom stereocenters. The van der Waals surface area contributed by atoms with Gasteiger partial charge in [-0.1, -0.05) is 41.9 Å². The van der Waals surface area contributed by atoms with Crippen LogP contribution in [0.3, 0.4) is 0 Å². The molecule has 0 aliphatic carbocycles. The lowest BCUT2D eigenvalue weighted by molar-refractivity contribution is -0.139. The first-order valence-corrected chi connectivity index (χ1v) is 10.7. The molecule has 176 valence electrons. The molecule has 35 heavy (non-hydrogen) atoms. The molecule has 0 saturated carbocycles. The van der Waals surface area contributed by atoms with Crippen LogP contribution in [0.5, 0.6) is 0 Å². The third kappa shape index (κ3) is 4.11. The van der Waals surface area contributed by atoms with Gasteiger partial charge in [0.05, 0.1) is 55.1 Å². The maximum atomic E-state index is 13.2. The lowest BCUT2D eigenvalue weighted by Gasteiger charge is -2.36. The molecule has 9 nitrogen and oxygen atoms in total. The Balaban J connectivity index is 2.11. The number of methoxy groups -OCH3 is 2. The van der Waals surface area contributed by atoms with Crippen molar-refractivity contribution in [2.45, 2.75) is 5.92 Å². The van der Waals surface area contributed by atoms with Crippen molar-refractivity contribution in [2.24, 2.45) is 5.73 Å². The highest BCUT2D eigenvalue weighted by molar-refractivity contribution is 6.31. The maximum absolute atomic E-state index is 13.2. The van der Waals surface area contributed by atoms with Crippen molar-refractivity contribution >= 4 is 29.2 Å². The minimum atomic E-state index is -0.963. The predicted octanol–water partition coefficient (Wildman–Crippen LogP) is 3.42. The molecule has 4 rings (SSSR count). The monoisotopic (exact) mass is 489 g/mol. The number of halogens is 1. The number of imidazole rings is 1. The number of benzene rings is 2. The number of nitrogens with zero attached hydrogens (tertiary/aromatic N) is 4. The molecule has 0 fully saturated rings. The fourth-order valence-corrected chi connectivity index (χ4v) is 4.23. The average Bonchev–Trinajstić information content (AvgIpc) is 3.42. The molecule has 1 aliphatic rings. The summed E-state index contributed by atoms with van der Waals surface area (Å²) in [6, 6.07) is 15.8. The summed E-state index contributed by atoms with van der Waals surface area (Å²) in [5.74, 6) is -2.67. The Morgan fingerprint density at radius 2 is 1.80 bits per heavy atom. The Bertz CT molecular complexity index is 1390. The Kier molecular flexibility index (Phi) is 6.57. The van der Waals surface area contributed by atoms with E-state index in [4.69, 9.17) is 26.8 Å². The number of ether oxygens (including phenoxy) is 2. The number of nitrogens with two attached hydrogens (primary N) is 1. The number of hydrogen-bond donors (Lipinski definition) is 1. The lowest BCUT2D eigenvalue weighted by atomic mass is 9.81. The number of allylic oxidation sites excluding steroid dienone is 1. The first kappa shape index (κ1) is 23.6. The van der Waals surface area contributed by atoms with Crippen LogP contribution >= 0.6 is 11.6 Å². The van der Waals surface area contributed by atoms with Crippen molar-refractivity contribution in [2.75, 3.05) is 19.1 Å². The summed E-state index contributed by atoms with van der Waals surface area (Å²) in [6.07, 6.45) is 4.82. The van der Waals surface area contributed by atoms with Crippen LogP contribution < -0.4 is 10.6 Å². The molecule has 2 N–H and O–H groups in total. The van der Waals surface area contributed by atoms with Crippen LogP contribution in [-0.2, 0) is 19.1 Å². The van der Waals surface area contributed by atoms with Crippen molar-refractivity contribution in [1.82, 2.24) is 9.55 Å². The summed E-state index contributed by atoms with van der Waals surface area (Å²) in [7, 11) is 2.38. The number of carbonyl (C=O) groups is 2. The quantitative estimate of drug-likeness (QED) is 0.541. The standard InChI is InChI=1S/C25H20ClN5O4/c1-34-24(32)21-20(15-6-4-3-5-7-15)17(13-27)23(28)31(22(21)25(33)35-2)19-12-16(26)8-9-18(19)30-11-10-29-14-30/h3-12,14,20H,28H2,1-2H3. The third-order valence-corrected chi connectivity index (χ3v) is 5.81. The number of rotatable bonds is 5. The lowest BCUT2D eigenvalue weighted by Crippen LogP contribution is -2.41. The van der Waals surface area contributed by atoms with Crippen LogP contribution in [0.1, 0.15) is 11.5 Å². The van der Waals surface area contributed by atoms with Gasteiger partial charge in [-0.05, 0) is 23.8 Å². The van der Waals surface area contributed by atoms with E-state index in [-0.39, 0.29) is 22.7 Å². The largest absolute Gasteiger partial charge is 0.466 e.